The summed E-state index contributed by atoms with van der Waals surface area (Å²) in [4.78, 5) is 12.5. The van der Waals surface area contributed by atoms with Gasteiger partial charge in [-0.15, -0.1) is 0 Å². The number of halogens is 3. The van der Waals surface area contributed by atoms with Gasteiger partial charge in [-0.05, 0) is 48.5 Å². The molecule has 1 amide bonds. The van der Waals surface area contributed by atoms with E-state index in [-0.39, 0.29) is 23.7 Å². The number of nitriles is 1. The van der Waals surface area contributed by atoms with Crippen molar-refractivity contribution in [2.75, 3.05) is 11.9 Å². The zero-order valence-corrected chi connectivity index (χ0v) is 15.4. The van der Waals surface area contributed by atoms with Crippen LogP contribution in [0.25, 0.3) is 0 Å². The fraction of sp³-hybridized carbons (Fsp3) is 0.0909. The van der Waals surface area contributed by atoms with Crippen molar-refractivity contribution >= 4 is 11.6 Å². The van der Waals surface area contributed by atoms with Crippen LogP contribution >= 0.6 is 0 Å². The van der Waals surface area contributed by atoms with Crippen LogP contribution in [-0.2, 0) is 6.18 Å². The highest BCUT2D eigenvalue weighted by molar-refractivity contribution is 6.04. The van der Waals surface area contributed by atoms with Crippen LogP contribution < -0.4 is 14.8 Å². The Balaban J connectivity index is 1.73. The van der Waals surface area contributed by atoms with Gasteiger partial charge in [0.25, 0.3) is 5.91 Å². The molecule has 3 aromatic rings. The first-order chi connectivity index (χ1) is 14.3. The van der Waals surface area contributed by atoms with E-state index in [2.05, 4.69) is 5.32 Å². The number of benzene rings is 3. The summed E-state index contributed by atoms with van der Waals surface area (Å²) in [5.74, 6) is 0.204. The highest BCUT2D eigenvalue weighted by Crippen LogP contribution is 2.32. The molecule has 0 atom stereocenters. The highest BCUT2D eigenvalue weighted by Gasteiger charge is 2.30. The topological polar surface area (TPSA) is 71.3 Å². The predicted octanol–water partition coefficient (Wildman–Crippen LogP) is 5.65. The molecule has 0 aliphatic heterocycles. The number of nitrogens with one attached hydrogen (secondary N) is 1. The largest absolute Gasteiger partial charge is 0.479 e. The molecule has 0 saturated carbocycles. The Bertz CT molecular complexity index is 1090. The molecule has 8 heteroatoms. The Morgan fingerprint density at radius 1 is 0.933 bits per heavy atom. The summed E-state index contributed by atoms with van der Waals surface area (Å²) in [7, 11) is 0. The Hall–Kier alpha value is -3.99. The number of amides is 1. The summed E-state index contributed by atoms with van der Waals surface area (Å²) >= 11 is 0. The van der Waals surface area contributed by atoms with Gasteiger partial charge in [0.2, 0.25) is 0 Å². The second kappa shape index (κ2) is 9.01. The van der Waals surface area contributed by atoms with Gasteiger partial charge in [-0.2, -0.15) is 18.4 Å². The van der Waals surface area contributed by atoms with Crippen molar-refractivity contribution < 1.29 is 27.4 Å². The van der Waals surface area contributed by atoms with Crippen molar-refractivity contribution in [3.63, 3.8) is 0 Å². The molecule has 3 rings (SSSR count). The van der Waals surface area contributed by atoms with Crippen LogP contribution in [0.5, 0.6) is 17.2 Å². The average Bonchev–Trinajstić information content (AvgIpc) is 2.72. The second-order valence-electron chi connectivity index (χ2n) is 6.08. The third-order valence-corrected chi connectivity index (χ3v) is 3.89. The fourth-order valence-electron chi connectivity index (χ4n) is 2.56. The van der Waals surface area contributed by atoms with E-state index in [0.717, 1.165) is 12.1 Å². The molecule has 0 unspecified atom stereocenters. The second-order valence-corrected chi connectivity index (χ2v) is 6.08. The lowest BCUT2D eigenvalue weighted by Gasteiger charge is -2.11. The van der Waals surface area contributed by atoms with Gasteiger partial charge in [0, 0.05) is 17.3 Å². The maximum atomic E-state index is 12.8. The lowest BCUT2D eigenvalue weighted by atomic mass is 10.2. The standard InChI is InChI=1S/C22H15F3N2O3/c23-22(24,25)16-5-2-9-20(13-16)30-19-8-1-4-15(12-19)21(28)27-17-6-3-7-18(14-17)29-11-10-26/h1-9,12-14H,11H2,(H,27,28). The number of carbonyl (C=O) groups excluding carboxylic acids is 1. The third-order valence-electron chi connectivity index (χ3n) is 3.89. The number of rotatable bonds is 6. The van der Waals surface area contributed by atoms with Crippen molar-refractivity contribution in [2.45, 2.75) is 6.18 Å². The van der Waals surface area contributed by atoms with Crippen molar-refractivity contribution in [1.82, 2.24) is 0 Å². The fourth-order valence-corrected chi connectivity index (χ4v) is 2.56. The summed E-state index contributed by atoms with van der Waals surface area (Å²) in [6, 6.07) is 18.9. The summed E-state index contributed by atoms with van der Waals surface area (Å²) in [5, 5.41) is 11.3. The molecule has 5 nitrogen and oxygen atoms in total. The van der Waals surface area contributed by atoms with Crippen LogP contribution in [-0.4, -0.2) is 12.5 Å². The number of alkyl halides is 3. The number of nitrogens with zero attached hydrogens (tertiary/aromatic N) is 1. The van der Waals surface area contributed by atoms with Gasteiger partial charge in [-0.3, -0.25) is 4.79 Å². The van der Waals surface area contributed by atoms with Crippen LogP contribution in [0, 0.1) is 11.3 Å². The number of anilines is 1. The lowest BCUT2D eigenvalue weighted by molar-refractivity contribution is -0.137. The van der Waals surface area contributed by atoms with Crippen molar-refractivity contribution in [3.05, 3.63) is 83.9 Å². The van der Waals surface area contributed by atoms with Crippen molar-refractivity contribution in [1.29, 1.82) is 5.26 Å². The Labute approximate surface area is 170 Å². The Morgan fingerprint density at radius 2 is 1.60 bits per heavy atom. The predicted molar refractivity (Wildman–Crippen MR) is 103 cm³/mol. The van der Waals surface area contributed by atoms with Crippen LogP contribution in [0.4, 0.5) is 18.9 Å². The first-order valence-electron chi connectivity index (χ1n) is 8.71. The maximum absolute atomic E-state index is 12.8. The van der Waals surface area contributed by atoms with Crippen molar-refractivity contribution in [3.8, 4) is 23.3 Å². The third kappa shape index (κ3) is 5.52. The first-order valence-corrected chi connectivity index (χ1v) is 8.71. The van der Waals surface area contributed by atoms with E-state index in [0.29, 0.717) is 11.4 Å². The SMILES string of the molecule is N#CCOc1cccc(NC(=O)c2cccc(Oc3cccc(C(F)(F)F)c3)c2)c1. The van der Waals surface area contributed by atoms with E-state index in [1.165, 1.54) is 24.3 Å². The summed E-state index contributed by atoms with van der Waals surface area (Å²) in [5.41, 5.74) is -0.116. The number of carbonyl (C=O) groups is 1. The van der Waals surface area contributed by atoms with Crippen molar-refractivity contribution in [2.24, 2.45) is 0 Å². The molecule has 0 aliphatic carbocycles. The Kier molecular flexibility index (Phi) is 6.23. The lowest BCUT2D eigenvalue weighted by Crippen LogP contribution is -2.12. The minimum atomic E-state index is -4.48. The van der Waals surface area contributed by atoms with E-state index in [9.17, 15) is 18.0 Å². The molecule has 152 valence electrons. The van der Waals surface area contributed by atoms with Crippen LogP contribution in [0.3, 0.4) is 0 Å². The maximum Gasteiger partial charge on any atom is 0.416 e. The molecule has 0 aromatic heterocycles. The normalized spacial score (nSPS) is 10.7. The molecular formula is C22H15F3N2O3. The minimum absolute atomic E-state index is 0.00438. The highest BCUT2D eigenvalue weighted by atomic mass is 19.4. The number of hydrogen-bond donors (Lipinski definition) is 1. The van der Waals surface area contributed by atoms with Gasteiger partial charge in [-0.25, -0.2) is 0 Å². The van der Waals surface area contributed by atoms with E-state index in [1.54, 1.807) is 36.4 Å². The van der Waals surface area contributed by atoms with Gasteiger partial charge < -0.3 is 14.8 Å². The Morgan fingerprint density at radius 3 is 2.33 bits per heavy atom. The van der Waals surface area contributed by atoms with E-state index >= 15 is 0 Å². The summed E-state index contributed by atoms with van der Waals surface area (Å²) in [6.07, 6.45) is -4.48. The van der Waals surface area contributed by atoms with Gasteiger partial charge in [0.1, 0.15) is 23.3 Å². The average molecular weight is 412 g/mol. The molecule has 0 fully saturated rings. The smallest absolute Gasteiger partial charge is 0.416 e. The molecule has 0 bridgehead atoms. The van der Waals surface area contributed by atoms with Gasteiger partial charge in [-0.1, -0.05) is 18.2 Å². The summed E-state index contributed by atoms with van der Waals surface area (Å²) in [6.45, 7) is -0.119. The molecule has 1 N–H and O–H groups in total. The molecular weight excluding hydrogens is 397 g/mol. The zero-order valence-electron chi connectivity index (χ0n) is 15.4. The van der Waals surface area contributed by atoms with Gasteiger partial charge in [0.05, 0.1) is 5.56 Å². The van der Waals surface area contributed by atoms with E-state index in [4.69, 9.17) is 14.7 Å². The van der Waals surface area contributed by atoms with Gasteiger partial charge in [0.15, 0.2) is 6.61 Å². The molecule has 0 aliphatic rings. The zero-order chi connectivity index (χ0) is 21.6. The molecule has 0 spiro atoms. The van der Waals surface area contributed by atoms with Crippen LogP contribution in [0.2, 0.25) is 0 Å². The first kappa shape index (κ1) is 20.7. The van der Waals surface area contributed by atoms with Crippen LogP contribution in [0.15, 0.2) is 72.8 Å². The quantitative estimate of drug-likeness (QED) is 0.568. The molecule has 3 aromatic carbocycles. The molecule has 0 radical (unpaired) electrons. The monoisotopic (exact) mass is 412 g/mol. The van der Waals surface area contributed by atoms with E-state index < -0.39 is 17.6 Å². The number of hydrogen-bond acceptors (Lipinski definition) is 4. The molecule has 0 heterocycles. The summed E-state index contributed by atoms with van der Waals surface area (Å²) < 4.78 is 49.2. The minimum Gasteiger partial charge on any atom is -0.479 e. The molecule has 0 saturated heterocycles. The van der Waals surface area contributed by atoms with Crippen LogP contribution in [0.1, 0.15) is 15.9 Å². The number of ether oxygens (including phenoxy) is 2. The van der Waals surface area contributed by atoms with Gasteiger partial charge >= 0.3 is 6.18 Å². The molecule has 30 heavy (non-hydrogen) atoms. The van der Waals surface area contributed by atoms with E-state index in [1.807, 2.05) is 6.07 Å².